The first kappa shape index (κ1) is 22.9. The predicted octanol–water partition coefficient (Wildman–Crippen LogP) is 4.82. The summed E-state index contributed by atoms with van der Waals surface area (Å²) in [5.74, 6) is 0. The molecule has 196 valence electrons. The Morgan fingerprint density at radius 1 is 0.591 bits per heavy atom. The third kappa shape index (κ3) is 4.51. The van der Waals surface area contributed by atoms with E-state index in [0.29, 0.717) is 10.8 Å². The van der Waals surface area contributed by atoms with Crippen LogP contribution in [0, 0.1) is 81.1 Å². The van der Waals surface area contributed by atoms with Gasteiger partial charge in [0.15, 0.2) is 11.4 Å². The minimum absolute atomic E-state index is 0.0501. The molecule has 5 rings (SSSR count). The van der Waals surface area contributed by atoms with Crippen LogP contribution in [-0.4, -0.2) is 9.97 Å². The number of nitrogens with zero attached hydrogens (tertiary/aromatic N) is 10. The van der Waals surface area contributed by atoms with Gasteiger partial charge in [0.25, 0.3) is 0 Å². The van der Waals surface area contributed by atoms with Crippen LogP contribution in [0.4, 0.5) is 11.4 Å². The van der Waals surface area contributed by atoms with Crippen molar-refractivity contribution in [2.24, 2.45) is 0 Å². The van der Waals surface area contributed by atoms with Crippen LogP contribution < -0.4 is 10.7 Å². The molecule has 0 radical (unpaired) electrons. The van der Waals surface area contributed by atoms with E-state index in [1.165, 1.54) is 12.1 Å². The van der Waals surface area contributed by atoms with E-state index in [-0.39, 0.29) is 44.0 Å². The highest BCUT2D eigenvalue weighted by Crippen LogP contribution is 2.32. The Morgan fingerprint density at radius 3 is 1.30 bits per heavy atom. The largest absolute Gasteiger partial charge is 0.245 e. The van der Waals surface area contributed by atoms with Crippen LogP contribution in [-0.2, 0) is 0 Å². The highest BCUT2D eigenvalue weighted by molar-refractivity contribution is 6.03. The maximum absolute atomic E-state index is 10.2. The van der Waals surface area contributed by atoms with Gasteiger partial charge in [0.1, 0.15) is 12.1 Å². The van der Waals surface area contributed by atoms with Gasteiger partial charge in [-0.15, -0.1) is 0 Å². The monoisotopic (exact) mass is 562 g/mol. The lowest BCUT2D eigenvalue weighted by atomic mass is 9.96. The zero-order chi connectivity index (χ0) is 34.9. The fraction of sp³-hybridized carbons (Fsp3) is 0. The molecule has 0 aliphatic carbocycles. The number of rotatable bonds is 2. The van der Waals surface area contributed by atoms with Gasteiger partial charge in [-0.2, -0.15) is 31.6 Å². The third-order valence-electron chi connectivity index (χ3n) is 6.39. The molecule has 0 N–H and O–H groups in total. The average molecular weight is 563 g/mol. The summed E-state index contributed by atoms with van der Waals surface area (Å²) in [6, 6.07) is 17.7. The molecule has 0 atom stereocenters. The number of pyridine rings is 2. The van der Waals surface area contributed by atoms with Crippen molar-refractivity contribution in [3.63, 3.8) is 0 Å². The molecule has 5 aromatic rings. The van der Waals surface area contributed by atoms with Crippen molar-refractivity contribution in [1.29, 1.82) is 31.6 Å². The molecular formula is C34H10N10. The van der Waals surface area contributed by atoms with Crippen molar-refractivity contribution in [3.05, 3.63) is 127 Å². The zero-order valence-corrected chi connectivity index (χ0v) is 21.9. The molecule has 0 saturated heterocycles. The molecule has 0 fully saturated rings. The Kier molecular flexibility index (Phi) is 5.89. The van der Waals surface area contributed by atoms with E-state index in [4.69, 9.17) is 18.6 Å². The quantitative estimate of drug-likeness (QED) is 0.217. The smallest absolute Gasteiger partial charge is 0.198 e. The minimum atomic E-state index is -0.610. The normalized spacial score (nSPS) is 12.5. The second kappa shape index (κ2) is 11.3. The fourth-order valence-electron chi connectivity index (χ4n) is 4.50. The predicted molar refractivity (Wildman–Crippen MR) is 157 cm³/mol. The van der Waals surface area contributed by atoms with E-state index in [1.807, 2.05) is 12.1 Å². The second-order valence-corrected chi connectivity index (χ2v) is 8.69. The van der Waals surface area contributed by atoms with Crippen molar-refractivity contribution in [1.82, 2.24) is 9.97 Å². The van der Waals surface area contributed by atoms with E-state index in [9.17, 15) is 31.6 Å². The van der Waals surface area contributed by atoms with Gasteiger partial charge in [-0.3, -0.25) is 0 Å². The Balaban J connectivity index is 1.96. The van der Waals surface area contributed by atoms with Gasteiger partial charge in [0.05, 0.1) is 86.9 Å². The summed E-state index contributed by atoms with van der Waals surface area (Å²) >= 11 is 0. The topological polar surface area (TPSA) is 177 Å². The maximum atomic E-state index is 10.2. The number of fused-ring (bicyclic) bond motifs is 3. The van der Waals surface area contributed by atoms with E-state index >= 15 is 0 Å². The van der Waals surface area contributed by atoms with Crippen molar-refractivity contribution in [2.45, 2.75) is 0 Å². The van der Waals surface area contributed by atoms with Gasteiger partial charge in [-0.05, 0) is 36.3 Å². The first-order valence-corrected chi connectivity index (χ1v) is 12.1. The molecule has 0 bridgehead atoms. The van der Waals surface area contributed by atoms with Gasteiger partial charge in [-0.1, -0.05) is 24.3 Å². The highest BCUT2D eigenvalue weighted by atomic mass is 14.8. The van der Waals surface area contributed by atoms with E-state index in [0.717, 1.165) is 0 Å². The molecule has 0 saturated carbocycles. The number of nitriles is 6. The molecule has 44 heavy (non-hydrogen) atoms. The molecule has 0 unspecified atom stereocenters. The van der Waals surface area contributed by atoms with Gasteiger partial charge < -0.3 is 0 Å². The third-order valence-corrected chi connectivity index (χ3v) is 6.39. The lowest BCUT2D eigenvalue weighted by molar-refractivity contribution is 1.27. The molecule has 0 aliphatic rings. The first-order valence-electron chi connectivity index (χ1n) is 14.1. The molecule has 2 aromatic heterocycles. The van der Waals surface area contributed by atoms with Crippen LogP contribution in [0.5, 0.6) is 0 Å². The first-order chi connectivity index (χ1) is 23.1. The Hall–Kier alpha value is -7.86. The standard InChI is InChI=1S/C34H10N10/c1-41-29-11-19(13-35)9-23(15-37)31(29)25(17-39)27-7-5-21-3-4-22-6-8-28(44-34(22)33(21)43-27)26(18-40)32-24(16-38)10-20(14-36)12-30(32)42-2/h3-12H/b27-25+,28-26+/i9D,10D,11D,12D. The zero-order valence-electron chi connectivity index (χ0n) is 25.9. The summed E-state index contributed by atoms with van der Waals surface area (Å²) in [6.45, 7) is 15.3. The van der Waals surface area contributed by atoms with Crippen molar-refractivity contribution < 1.29 is 5.48 Å². The van der Waals surface area contributed by atoms with E-state index in [2.05, 4.69) is 19.7 Å². The van der Waals surface area contributed by atoms with Gasteiger partial charge in [0.2, 0.25) is 0 Å². The molecule has 0 amide bonds. The molecule has 10 nitrogen and oxygen atoms in total. The van der Waals surface area contributed by atoms with Crippen LogP contribution in [0.1, 0.15) is 38.9 Å². The summed E-state index contributed by atoms with van der Waals surface area (Å²) in [7, 11) is 0. The fourth-order valence-corrected chi connectivity index (χ4v) is 4.50. The van der Waals surface area contributed by atoms with E-state index in [1.54, 1.807) is 48.5 Å². The summed E-state index contributed by atoms with van der Waals surface area (Å²) in [5.41, 5.74) is -3.71. The van der Waals surface area contributed by atoms with Crippen molar-refractivity contribution in [3.8, 4) is 36.4 Å². The Labute approximate surface area is 255 Å². The number of hydrogen-bond donors (Lipinski definition) is 0. The Bertz CT molecular complexity index is 2550. The van der Waals surface area contributed by atoms with Crippen LogP contribution in [0.15, 0.2) is 60.6 Å². The van der Waals surface area contributed by atoms with Crippen LogP contribution in [0.25, 0.3) is 42.6 Å². The molecule has 3 aromatic carbocycles. The number of hydrogen-bond acceptors (Lipinski definition) is 8. The van der Waals surface area contributed by atoms with Crippen LogP contribution >= 0.6 is 0 Å². The average Bonchev–Trinajstić information content (AvgIpc) is 3.09. The van der Waals surface area contributed by atoms with Crippen molar-refractivity contribution >= 4 is 44.3 Å². The molecule has 0 spiro atoms. The van der Waals surface area contributed by atoms with Gasteiger partial charge >= 0.3 is 0 Å². The number of aromatic nitrogens is 2. The highest BCUT2D eigenvalue weighted by Gasteiger charge is 2.19. The summed E-state index contributed by atoms with van der Waals surface area (Å²) < 4.78 is 33.2. The summed E-state index contributed by atoms with van der Waals surface area (Å²) in [5, 5.41) is 60.0. The van der Waals surface area contributed by atoms with Crippen molar-refractivity contribution in [2.75, 3.05) is 0 Å². The SMILES string of the molecule is [2H]c1c(C#N)c([2H])c([N+]#[C-])c(/C(C#N)=c2\ccc3ccc4cc/c(=C(/C#N)c5c(C#N)c([2H])c(C#N)c([2H])c5[N+]#[C-])nc4c3n2)c1C#N. The molecule has 0 aliphatic heterocycles. The van der Waals surface area contributed by atoms with Crippen LogP contribution in [0.2, 0.25) is 0 Å². The second-order valence-electron chi connectivity index (χ2n) is 8.69. The molecule has 10 heteroatoms. The van der Waals surface area contributed by atoms with Gasteiger partial charge in [-0.25, -0.2) is 19.7 Å². The Morgan fingerprint density at radius 2 is 0.977 bits per heavy atom. The summed E-state index contributed by atoms with van der Waals surface area (Å²) in [6.07, 6.45) is 0. The lowest BCUT2D eigenvalue weighted by Gasteiger charge is -2.08. The van der Waals surface area contributed by atoms with Gasteiger partial charge in [0, 0.05) is 33.0 Å². The van der Waals surface area contributed by atoms with E-state index < -0.39 is 57.8 Å². The maximum Gasteiger partial charge on any atom is 0.198 e. The summed E-state index contributed by atoms with van der Waals surface area (Å²) in [4.78, 5) is 15.8. The lowest BCUT2D eigenvalue weighted by Crippen LogP contribution is -2.15. The number of benzene rings is 3. The molecular weight excluding hydrogens is 548 g/mol. The minimum Gasteiger partial charge on any atom is -0.245 e. The molecule has 2 heterocycles. The van der Waals surface area contributed by atoms with Crippen LogP contribution in [0.3, 0.4) is 0 Å².